The van der Waals surface area contributed by atoms with Crippen LogP contribution in [0.3, 0.4) is 0 Å². The standard InChI is InChI=1S/C22H20N2O4S2/c1-14-8-10-15(11-9-14)13-18-20(26)24(22(29)30-18)12-4-7-19(25)23-17-6-3-2-5-16(17)21(27)28/h2-3,5-6,8-11,13H,4,7,12H2,1H3,(H,23,25)(H,27,28)/b18-13+. The number of carbonyl (C=O) groups excluding carboxylic acids is 2. The molecule has 3 rings (SSSR count). The predicted molar refractivity (Wildman–Crippen MR) is 122 cm³/mol. The minimum Gasteiger partial charge on any atom is -0.478 e. The highest BCUT2D eigenvalue weighted by atomic mass is 32.2. The lowest BCUT2D eigenvalue weighted by molar-refractivity contribution is -0.122. The number of thiocarbonyl (C=S) groups is 1. The van der Waals surface area contributed by atoms with Crippen LogP contribution in [0.4, 0.5) is 5.69 Å². The maximum atomic E-state index is 12.7. The number of rotatable bonds is 7. The number of anilines is 1. The van der Waals surface area contributed by atoms with Gasteiger partial charge in [-0.2, -0.15) is 0 Å². The van der Waals surface area contributed by atoms with Crippen molar-refractivity contribution in [3.63, 3.8) is 0 Å². The number of aryl methyl sites for hydroxylation is 1. The van der Waals surface area contributed by atoms with Crippen molar-refractivity contribution in [2.75, 3.05) is 11.9 Å². The summed E-state index contributed by atoms with van der Waals surface area (Å²) in [4.78, 5) is 38.1. The van der Waals surface area contributed by atoms with Gasteiger partial charge in [0.15, 0.2) is 0 Å². The van der Waals surface area contributed by atoms with Gasteiger partial charge in [-0.15, -0.1) is 0 Å². The molecule has 0 radical (unpaired) electrons. The minimum absolute atomic E-state index is 0.0315. The van der Waals surface area contributed by atoms with Crippen LogP contribution in [0.5, 0.6) is 0 Å². The number of benzene rings is 2. The molecule has 1 heterocycles. The van der Waals surface area contributed by atoms with Crippen molar-refractivity contribution in [2.45, 2.75) is 19.8 Å². The molecule has 2 amide bonds. The molecule has 0 aliphatic carbocycles. The summed E-state index contributed by atoms with van der Waals surface area (Å²) >= 11 is 6.57. The Bertz CT molecular complexity index is 1030. The quantitative estimate of drug-likeness (QED) is 0.493. The Morgan fingerprint density at radius 1 is 1.17 bits per heavy atom. The normalized spacial score (nSPS) is 15.0. The molecule has 2 N–H and O–H groups in total. The number of nitrogens with one attached hydrogen (secondary N) is 1. The Morgan fingerprint density at radius 3 is 2.57 bits per heavy atom. The van der Waals surface area contributed by atoms with E-state index in [0.29, 0.717) is 22.2 Å². The Balaban J connectivity index is 1.55. The van der Waals surface area contributed by atoms with Crippen molar-refractivity contribution in [3.05, 3.63) is 70.1 Å². The van der Waals surface area contributed by atoms with E-state index in [0.717, 1.165) is 11.1 Å². The van der Waals surface area contributed by atoms with Gasteiger partial charge >= 0.3 is 5.97 Å². The summed E-state index contributed by atoms with van der Waals surface area (Å²) in [5, 5.41) is 11.8. The molecule has 30 heavy (non-hydrogen) atoms. The first-order valence-corrected chi connectivity index (χ1v) is 10.5. The number of amides is 2. The molecule has 6 nitrogen and oxygen atoms in total. The third kappa shape index (κ3) is 5.34. The van der Waals surface area contributed by atoms with Gasteiger partial charge in [0.25, 0.3) is 5.91 Å². The predicted octanol–water partition coefficient (Wildman–Crippen LogP) is 4.31. The van der Waals surface area contributed by atoms with Crippen molar-refractivity contribution in [1.29, 1.82) is 0 Å². The lowest BCUT2D eigenvalue weighted by Gasteiger charge is -2.14. The Kier molecular flexibility index (Phi) is 7.02. The van der Waals surface area contributed by atoms with Crippen LogP contribution in [-0.4, -0.2) is 38.7 Å². The molecule has 0 unspecified atom stereocenters. The topological polar surface area (TPSA) is 86.7 Å². The van der Waals surface area contributed by atoms with Gasteiger partial charge in [-0.1, -0.05) is 65.9 Å². The monoisotopic (exact) mass is 440 g/mol. The van der Waals surface area contributed by atoms with E-state index in [1.807, 2.05) is 37.3 Å². The number of carboxylic acids is 1. The number of nitrogens with zero attached hydrogens (tertiary/aromatic N) is 1. The van der Waals surface area contributed by atoms with E-state index in [-0.39, 0.29) is 29.5 Å². The smallest absolute Gasteiger partial charge is 0.337 e. The van der Waals surface area contributed by atoms with Crippen LogP contribution in [0.25, 0.3) is 6.08 Å². The molecule has 0 atom stereocenters. The average Bonchev–Trinajstić information content (AvgIpc) is 2.97. The number of carbonyl (C=O) groups is 3. The third-order valence-electron chi connectivity index (χ3n) is 4.47. The molecule has 0 aromatic heterocycles. The van der Waals surface area contributed by atoms with E-state index in [1.54, 1.807) is 18.2 Å². The first-order valence-electron chi connectivity index (χ1n) is 9.29. The highest BCUT2D eigenvalue weighted by Gasteiger charge is 2.31. The fourth-order valence-electron chi connectivity index (χ4n) is 2.90. The van der Waals surface area contributed by atoms with Crippen LogP contribution in [-0.2, 0) is 9.59 Å². The lowest BCUT2D eigenvalue weighted by Crippen LogP contribution is -2.29. The van der Waals surface area contributed by atoms with E-state index < -0.39 is 5.97 Å². The van der Waals surface area contributed by atoms with Gasteiger partial charge in [-0.25, -0.2) is 4.79 Å². The molecule has 0 saturated carbocycles. The summed E-state index contributed by atoms with van der Waals surface area (Å²) in [5.41, 5.74) is 2.35. The van der Waals surface area contributed by atoms with Gasteiger partial charge < -0.3 is 10.4 Å². The molecule has 2 aromatic carbocycles. The maximum Gasteiger partial charge on any atom is 0.337 e. The largest absolute Gasteiger partial charge is 0.478 e. The summed E-state index contributed by atoms with van der Waals surface area (Å²) in [7, 11) is 0. The van der Waals surface area contributed by atoms with Crippen LogP contribution >= 0.6 is 24.0 Å². The molecule has 0 spiro atoms. The molecule has 1 aliphatic heterocycles. The van der Waals surface area contributed by atoms with Crippen molar-refractivity contribution >= 4 is 57.8 Å². The SMILES string of the molecule is Cc1ccc(/C=C2/SC(=S)N(CCCC(=O)Nc3ccccc3C(=O)O)C2=O)cc1. The van der Waals surface area contributed by atoms with Crippen LogP contribution in [0, 0.1) is 6.92 Å². The van der Waals surface area contributed by atoms with Gasteiger partial charge in [-0.05, 0) is 37.1 Å². The molecular weight excluding hydrogens is 420 g/mol. The van der Waals surface area contributed by atoms with E-state index in [1.165, 1.54) is 22.7 Å². The summed E-state index contributed by atoms with van der Waals surface area (Å²) in [6, 6.07) is 14.1. The summed E-state index contributed by atoms with van der Waals surface area (Å²) in [6.07, 6.45) is 2.36. The molecule has 8 heteroatoms. The molecule has 0 bridgehead atoms. The van der Waals surface area contributed by atoms with Crippen molar-refractivity contribution in [1.82, 2.24) is 4.90 Å². The zero-order valence-electron chi connectivity index (χ0n) is 16.3. The molecule has 1 fully saturated rings. The highest BCUT2D eigenvalue weighted by Crippen LogP contribution is 2.32. The summed E-state index contributed by atoms with van der Waals surface area (Å²) in [6.45, 7) is 2.32. The van der Waals surface area contributed by atoms with Crippen LogP contribution in [0.1, 0.15) is 34.3 Å². The van der Waals surface area contributed by atoms with Crippen LogP contribution < -0.4 is 5.32 Å². The Hall–Kier alpha value is -2.97. The molecule has 2 aromatic rings. The van der Waals surface area contributed by atoms with Crippen LogP contribution in [0.15, 0.2) is 53.4 Å². The minimum atomic E-state index is -1.11. The fraction of sp³-hybridized carbons (Fsp3) is 0.182. The molecule has 1 saturated heterocycles. The number of carboxylic acid groups (broad SMARTS) is 1. The second-order valence-corrected chi connectivity index (χ2v) is 8.42. The van der Waals surface area contributed by atoms with Gasteiger partial charge in [0, 0.05) is 13.0 Å². The van der Waals surface area contributed by atoms with Gasteiger partial charge in [0.1, 0.15) is 4.32 Å². The second-order valence-electron chi connectivity index (χ2n) is 6.75. The summed E-state index contributed by atoms with van der Waals surface area (Å²) < 4.78 is 0.468. The highest BCUT2D eigenvalue weighted by molar-refractivity contribution is 8.26. The molecule has 1 aliphatic rings. The van der Waals surface area contributed by atoms with Crippen LogP contribution in [0.2, 0.25) is 0 Å². The number of para-hydroxylation sites is 1. The van der Waals surface area contributed by atoms with Gasteiger partial charge in [0.05, 0.1) is 16.2 Å². The third-order valence-corrected chi connectivity index (χ3v) is 5.84. The zero-order valence-corrected chi connectivity index (χ0v) is 17.9. The van der Waals surface area contributed by atoms with Gasteiger partial charge in [0.2, 0.25) is 5.91 Å². The number of hydrogen-bond acceptors (Lipinski definition) is 5. The van der Waals surface area contributed by atoms with Crippen molar-refractivity contribution in [3.8, 4) is 0 Å². The number of aromatic carboxylic acids is 1. The summed E-state index contributed by atoms with van der Waals surface area (Å²) in [5.74, 6) is -1.59. The van der Waals surface area contributed by atoms with Crippen molar-refractivity contribution < 1.29 is 19.5 Å². The van der Waals surface area contributed by atoms with E-state index >= 15 is 0 Å². The van der Waals surface area contributed by atoms with Gasteiger partial charge in [-0.3, -0.25) is 14.5 Å². The van der Waals surface area contributed by atoms with E-state index in [9.17, 15) is 19.5 Å². The molecular formula is C22H20N2O4S2. The first-order chi connectivity index (χ1) is 14.3. The Morgan fingerprint density at radius 2 is 1.87 bits per heavy atom. The lowest BCUT2D eigenvalue weighted by atomic mass is 10.1. The first kappa shape index (κ1) is 21.7. The molecule has 154 valence electrons. The van der Waals surface area contributed by atoms with E-state index in [2.05, 4.69) is 5.32 Å². The fourth-order valence-corrected chi connectivity index (χ4v) is 4.20. The Labute approximate surface area is 184 Å². The number of hydrogen-bond donors (Lipinski definition) is 2. The number of thioether (sulfide) groups is 1. The van der Waals surface area contributed by atoms with E-state index in [4.69, 9.17) is 12.2 Å². The van der Waals surface area contributed by atoms with Crippen molar-refractivity contribution in [2.24, 2.45) is 0 Å². The second kappa shape index (κ2) is 9.69. The zero-order chi connectivity index (χ0) is 21.7. The average molecular weight is 441 g/mol. The maximum absolute atomic E-state index is 12.7.